The van der Waals surface area contributed by atoms with Crippen LogP contribution in [-0.4, -0.2) is 81.2 Å². The van der Waals surface area contributed by atoms with Crippen LogP contribution in [-0.2, 0) is 14.8 Å². The molecule has 1 amide bonds. The number of carbonyl (C=O) groups is 1. The number of sulfonamides is 1. The zero-order chi connectivity index (χ0) is 21.8. The molecule has 0 bridgehead atoms. The fourth-order valence-corrected chi connectivity index (χ4v) is 5.07. The highest BCUT2D eigenvalue weighted by Gasteiger charge is 2.31. The van der Waals surface area contributed by atoms with Crippen LogP contribution in [0.15, 0.2) is 70.0 Å². The van der Waals surface area contributed by atoms with Gasteiger partial charge in [-0.3, -0.25) is 9.69 Å². The summed E-state index contributed by atoms with van der Waals surface area (Å²) < 4.78 is 28.4. The molecule has 0 saturated carbocycles. The molecule has 2 aliphatic rings. The van der Waals surface area contributed by atoms with Gasteiger partial charge < -0.3 is 9.80 Å². The number of rotatable bonds is 5. The van der Waals surface area contributed by atoms with Crippen molar-refractivity contribution in [2.75, 3.05) is 46.3 Å². The van der Waals surface area contributed by atoms with Crippen LogP contribution in [0.5, 0.6) is 0 Å². The first-order valence-corrected chi connectivity index (χ1v) is 11.8. The average molecular weight is 439 g/mol. The zero-order valence-electron chi connectivity index (χ0n) is 17.5. The molecule has 31 heavy (non-hydrogen) atoms. The average Bonchev–Trinajstić information content (AvgIpc) is 3.06. The number of amidine groups is 1. The molecule has 2 heterocycles. The van der Waals surface area contributed by atoms with E-state index in [1.807, 2.05) is 23.1 Å². The first-order chi connectivity index (χ1) is 14.9. The molecule has 2 aromatic carbocycles. The van der Waals surface area contributed by atoms with E-state index in [1.54, 1.807) is 36.2 Å². The summed E-state index contributed by atoms with van der Waals surface area (Å²) in [4.78, 5) is 18.8. The Bertz CT molecular complexity index is 1100. The first kappa shape index (κ1) is 21.3. The van der Waals surface area contributed by atoms with E-state index in [0.717, 1.165) is 19.6 Å². The Morgan fingerprint density at radius 3 is 2.45 bits per heavy atom. The molecule has 0 spiro atoms. The lowest BCUT2D eigenvalue weighted by Gasteiger charge is -2.35. The monoisotopic (exact) mass is 438 g/mol. The second-order valence-corrected chi connectivity index (χ2v) is 9.31. The molecule has 0 atom stereocenters. The van der Waals surface area contributed by atoms with Crippen LogP contribution in [0.25, 0.3) is 6.08 Å². The molecular formula is C23H26N4O3S. The van der Waals surface area contributed by atoms with Crippen LogP contribution in [0, 0.1) is 0 Å². The van der Waals surface area contributed by atoms with Gasteiger partial charge in [-0.2, -0.15) is 8.42 Å². The third-order valence-electron chi connectivity index (χ3n) is 5.54. The van der Waals surface area contributed by atoms with Gasteiger partial charge in [0.25, 0.3) is 10.0 Å². The third kappa shape index (κ3) is 4.86. The summed E-state index contributed by atoms with van der Waals surface area (Å²) in [6, 6.07) is 16.9. The predicted octanol–water partition coefficient (Wildman–Crippen LogP) is 1.92. The van der Waals surface area contributed by atoms with E-state index in [9.17, 15) is 13.2 Å². The van der Waals surface area contributed by atoms with Crippen LogP contribution in [0.4, 0.5) is 0 Å². The number of fused-ring (bicyclic) bond motifs is 1. The van der Waals surface area contributed by atoms with Crippen LogP contribution in [0.1, 0.15) is 11.1 Å². The minimum absolute atomic E-state index is 0.0218. The van der Waals surface area contributed by atoms with Crippen molar-refractivity contribution in [3.05, 3.63) is 71.8 Å². The first-order valence-electron chi connectivity index (χ1n) is 10.3. The predicted molar refractivity (Wildman–Crippen MR) is 121 cm³/mol. The highest BCUT2D eigenvalue weighted by Crippen LogP contribution is 2.26. The summed E-state index contributed by atoms with van der Waals surface area (Å²) >= 11 is 0. The molecule has 2 aromatic rings. The number of hydrogen-bond acceptors (Lipinski definition) is 5. The number of piperazine rings is 1. The van der Waals surface area contributed by atoms with Gasteiger partial charge in [-0.15, -0.1) is 4.40 Å². The minimum atomic E-state index is -3.69. The van der Waals surface area contributed by atoms with Gasteiger partial charge in [-0.1, -0.05) is 54.6 Å². The maximum absolute atomic E-state index is 12.8. The Labute approximate surface area is 183 Å². The van der Waals surface area contributed by atoms with E-state index in [4.69, 9.17) is 0 Å². The van der Waals surface area contributed by atoms with Gasteiger partial charge in [0.05, 0.1) is 6.54 Å². The van der Waals surface area contributed by atoms with Crippen molar-refractivity contribution in [3.8, 4) is 0 Å². The Kier molecular flexibility index (Phi) is 6.20. The van der Waals surface area contributed by atoms with Gasteiger partial charge in [0, 0.05) is 45.3 Å². The van der Waals surface area contributed by atoms with Crippen molar-refractivity contribution in [2.45, 2.75) is 4.90 Å². The summed E-state index contributed by atoms with van der Waals surface area (Å²) in [6.45, 7) is 3.89. The van der Waals surface area contributed by atoms with E-state index < -0.39 is 10.0 Å². The van der Waals surface area contributed by atoms with E-state index in [1.165, 1.54) is 5.56 Å². The molecule has 4 rings (SSSR count). The van der Waals surface area contributed by atoms with Gasteiger partial charge in [-0.05, 0) is 17.7 Å². The number of likely N-dealkylation sites (N-methyl/N-ethyl adjacent to an activating group) is 1. The van der Waals surface area contributed by atoms with Gasteiger partial charge in [0.2, 0.25) is 5.91 Å². The fourth-order valence-electron chi connectivity index (χ4n) is 3.82. The maximum atomic E-state index is 12.8. The Morgan fingerprint density at radius 1 is 1.03 bits per heavy atom. The molecule has 0 N–H and O–H groups in total. The zero-order valence-corrected chi connectivity index (χ0v) is 18.3. The molecule has 1 fully saturated rings. The molecule has 0 aliphatic carbocycles. The van der Waals surface area contributed by atoms with Crippen molar-refractivity contribution in [1.29, 1.82) is 0 Å². The minimum Gasteiger partial charge on any atom is -0.349 e. The summed E-state index contributed by atoms with van der Waals surface area (Å²) in [5.41, 5.74) is 1.73. The number of benzene rings is 2. The maximum Gasteiger partial charge on any atom is 0.285 e. The van der Waals surface area contributed by atoms with Crippen molar-refractivity contribution >= 4 is 27.8 Å². The van der Waals surface area contributed by atoms with Crippen molar-refractivity contribution < 1.29 is 13.2 Å². The number of nitrogens with zero attached hydrogens (tertiary/aromatic N) is 4. The van der Waals surface area contributed by atoms with Gasteiger partial charge in [0.1, 0.15) is 4.90 Å². The fraction of sp³-hybridized carbons (Fsp3) is 0.304. The largest absolute Gasteiger partial charge is 0.349 e. The summed E-state index contributed by atoms with van der Waals surface area (Å²) in [5.74, 6) is 0.306. The number of amides is 1. The standard InChI is InChI=1S/C23H26N4O3S/c1-25(23-20-11-5-6-12-21(20)31(29,30)24-23)18-22(28)27-16-14-26(15-17-27)13-7-10-19-8-3-2-4-9-19/h2-12H,13-18H2,1H3/b10-7+. The Morgan fingerprint density at radius 2 is 1.71 bits per heavy atom. The molecule has 8 heteroatoms. The van der Waals surface area contributed by atoms with Crippen molar-refractivity contribution in [1.82, 2.24) is 14.7 Å². The Hall–Kier alpha value is -2.97. The molecule has 0 aromatic heterocycles. The molecule has 162 valence electrons. The van der Waals surface area contributed by atoms with E-state index in [2.05, 4.69) is 33.6 Å². The number of carbonyl (C=O) groups excluding carboxylic acids is 1. The van der Waals surface area contributed by atoms with Crippen LogP contribution in [0.3, 0.4) is 0 Å². The summed E-state index contributed by atoms with van der Waals surface area (Å²) in [7, 11) is -1.98. The number of hydrogen-bond donors (Lipinski definition) is 0. The highest BCUT2D eigenvalue weighted by molar-refractivity contribution is 7.90. The topological polar surface area (TPSA) is 73.3 Å². The Balaban J connectivity index is 1.29. The second-order valence-electron chi connectivity index (χ2n) is 7.74. The smallest absolute Gasteiger partial charge is 0.285 e. The normalized spacial score (nSPS) is 18.1. The lowest BCUT2D eigenvalue weighted by molar-refractivity contribution is -0.133. The molecule has 1 saturated heterocycles. The van der Waals surface area contributed by atoms with E-state index >= 15 is 0 Å². The summed E-state index contributed by atoms with van der Waals surface area (Å²) in [6.07, 6.45) is 4.26. The van der Waals surface area contributed by atoms with Crippen molar-refractivity contribution in [2.24, 2.45) is 4.40 Å². The molecule has 0 unspecified atom stereocenters. The van der Waals surface area contributed by atoms with Crippen LogP contribution >= 0.6 is 0 Å². The SMILES string of the molecule is CN(CC(=O)N1CCN(C/C=C/c2ccccc2)CC1)C1=NS(=O)(=O)c2ccccc21. The van der Waals surface area contributed by atoms with Crippen LogP contribution in [0.2, 0.25) is 0 Å². The second kappa shape index (κ2) is 9.03. The lowest BCUT2D eigenvalue weighted by Crippen LogP contribution is -2.51. The lowest BCUT2D eigenvalue weighted by atomic mass is 10.2. The quantitative estimate of drug-likeness (QED) is 0.713. The molecule has 0 radical (unpaired) electrons. The van der Waals surface area contributed by atoms with Gasteiger partial charge in [-0.25, -0.2) is 0 Å². The van der Waals surface area contributed by atoms with Gasteiger partial charge >= 0.3 is 0 Å². The molecule has 2 aliphatic heterocycles. The van der Waals surface area contributed by atoms with Crippen LogP contribution < -0.4 is 0 Å². The van der Waals surface area contributed by atoms with E-state index in [0.29, 0.717) is 24.5 Å². The van der Waals surface area contributed by atoms with Crippen molar-refractivity contribution in [3.63, 3.8) is 0 Å². The molecule has 7 nitrogen and oxygen atoms in total. The van der Waals surface area contributed by atoms with Gasteiger partial charge in [0.15, 0.2) is 5.84 Å². The highest BCUT2D eigenvalue weighted by atomic mass is 32.2. The summed E-state index contributed by atoms with van der Waals surface area (Å²) in [5, 5.41) is 0. The van der Waals surface area contributed by atoms with E-state index in [-0.39, 0.29) is 17.3 Å². The third-order valence-corrected chi connectivity index (χ3v) is 6.87. The molecular weight excluding hydrogens is 412 g/mol.